The van der Waals surface area contributed by atoms with Crippen LogP contribution in [0.2, 0.25) is 5.02 Å². The van der Waals surface area contributed by atoms with Crippen molar-refractivity contribution in [2.45, 2.75) is 6.92 Å². The molecule has 0 atom stereocenters. The van der Waals surface area contributed by atoms with Gasteiger partial charge in [0.05, 0.1) is 11.8 Å². The molecule has 2 aromatic rings. The standard InChI is InChI=1S/C13H12ClN3O2/c1-7-2-3-8(14)4-10(7)19-11-6-17-12(15)5-9(11)13(16)18/h2-6H,1H3,(H2,15,17)(H2,16,18). The fourth-order valence-electron chi connectivity index (χ4n) is 1.54. The zero-order valence-corrected chi connectivity index (χ0v) is 10.9. The quantitative estimate of drug-likeness (QED) is 0.902. The summed E-state index contributed by atoms with van der Waals surface area (Å²) in [6.45, 7) is 1.86. The molecule has 0 unspecified atom stereocenters. The van der Waals surface area contributed by atoms with E-state index in [-0.39, 0.29) is 17.1 Å². The number of halogens is 1. The van der Waals surface area contributed by atoms with Gasteiger partial charge < -0.3 is 16.2 Å². The highest BCUT2D eigenvalue weighted by molar-refractivity contribution is 6.30. The van der Waals surface area contributed by atoms with Crippen molar-refractivity contribution >= 4 is 23.3 Å². The molecule has 1 amide bonds. The molecule has 0 spiro atoms. The Kier molecular flexibility index (Phi) is 3.57. The van der Waals surface area contributed by atoms with Gasteiger partial charge in [-0.2, -0.15) is 0 Å². The number of nitrogen functional groups attached to an aromatic ring is 1. The number of anilines is 1. The molecule has 2 rings (SSSR count). The predicted molar refractivity (Wildman–Crippen MR) is 73.4 cm³/mol. The highest BCUT2D eigenvalue weighted by Gasteiger charge is 2.13. The summed E-state index contributed by atoms with van der Waals surface area (Å²) in [5.74, 6) is 0.335. The molecule has 4 N–H and O–H groups in total. The Balaban J connectivity index is 2.43. The number of nitrogens with two attached hydrogens (primary N) is 2. The number of carbonyl (C=O) groups is 1. The van der Waals surface area contributed by atoms with Gasteiger partial charge in [0.2, 0.25) is 0 Å². The fourth-order valence-corrected chi connectivity index (χ4v) is 1.70. The zero-order chi connectivity index (χ0) is 14.0. The molecule has 1 aromatic carbocycles. The van der Waals surface area contributed by atoms with Gasteiger partial charge in [0.1, 0.15) is 11.6 Å². The average Bonchev–Trinajstić information content (AvgIpc) is 2.35. The fraction of sp³-hybridized carbons (Fsp3) is 0.0769. The molecule has 0 radical (unpaired) electrons. The molecule has 6 heteroatoms. The normalized spacial score (nSPS) is 10.2. The minimum absolute atomic E-state index is 0.173. The number of carbonyl (C=O) groups excluding carboxylic acids is 1. The molecule has 0 bridgehead atoms. The molecule has 0 saturated carbocycles. The smallest absolute Gasteiger partial charge is 0.252 e. The van der Waals surface area contributed by atoms with Crippen LogP contribution in [0.15, 0.2) is 30.5 Å². The number of pyridine rings is 1. The lowest BCUT2D eigenvalue weighted by Gasteiger charge is -2.11. The van der Waals surface area contributed by atoms with E-state index in [9.17, 15) is 4.79 Å². The van der Waals surface area contributed by atoms with E-state index in [1.807, 2.05) is 13.0 Å². The first-order valence-corrected chi connectivity index (χ1v) is 5.84. The summed E-state index contributed by atoms with van der Waals surface area (Å²) in [5.41, 5.74) is 11.8. The van der Waals surface area contributed by atoms with Gasteiger partial charge >= 0.3 is 0 Å². The molecule has 1 heterocycles. The number of aromatic nitrogens is 1. The van der Waals surface area contributed by atoms with Gasteiger partial charge in [-0.25, -0.2) is 4.98 Å². The number of amides is 1. The van der Waals surface area contributed by atoms with Crippen molar-refractivity contribution in [2.24, 2.45) is 5.73 Å². The second-order valence-corrected chi connectivity index (χ2v) is 4.42. The van der Waals surface area contributed by atoms with Gasteiger partial charge in [0, 0.05) is 5.02 Å². The molecule has 98 valence electrons. The third-order valence-electron chi connectivity index (χ3n) is 2.52. The number of hydrogen-bond acceptors (Lipinski definition) is 4. The molecular formula is C13H12ClN3O2. The Morgan fingerprint density at radius 3 is 2.74 bits per heavy atom. The van der Waals surface area contributed by atoms with Crippen molar-refractivity contribution in [3.8, 4) is 11.5 Å². The Labute approximate surface area is 115 Å². The maximum atomic E-state index is 11.3. The lowest BCUT2D eigenvalue weighted by Crippen LogP contribution is -2.13. The van der Waals surface area contributed by atoms with Crippen LogP contribution in [-0.4, -0.2) is 10.9 Å². The van der Waals surface area contributed by atoms with Crippen LogP contribution in [0.3, 0.4) is 0 Å². The van der Waals surface area contributed by atoms with E-state index in [4.69, 9.17) is 27.8 Å². The largest absolute Gasteiger partial charge is 0.455 e. The lowest BCUT2D eigenvalue weighted by atomic mass is 10.2. The second-order valence-electron chi connectivity index (χ2n) is 3.98. The van der Waals surface area contributed by atoms with Gasteiger partial charge in [-0.05, 0) is 30.7 Å². The van der Waals surface area contributed by atoms with Crippen molar-refractivity contribution in [1.82, 2.24) is 4.98 Å². The zero-order valence-electron chi connectivity index (χ0n) is 10.2. The average molecular weight is 278 g/mol. The van der Waals surface area contributed by atoms with Crippen LogP contribution in [0.1, 0.15) is 15.9 Å². The highest BCUT2D eigenvalue weighted by atomic mass is 35.5. The van der Waals surface area contributed by atoms with E-state index in [1.54, 1.807) is 12.1 Å². The van der Waals surface area contributed by atoms with Gasteiger partial charge in [0.15, 0.2) is 5.75 Å². The Hall–Kier alpha value is -2.27. The number of aryl methyl sites for hydroxylation is 1. The topological polar surface area (TPSA) is 91.2 Å². The van der Waals surface area contributed by atoms with Crippen LogP contribution < -0.4 is 16.2 Å². The number of rotatable bonds is 3. The molecular weight excluding hydrogens is 266 g/mol. The number of primary amides is 1. The van der Waals surface area contributed by atoms with Gasteiger partial charge in [-0.1, -0.05) is 17.7 Å². The van der Waals surface area contributed by atoms with Crippen LogP contribution in [-0.2, 0) is 0 Å². The molecule has 0 saturated heterocycles. The summed E-state index contributed by atoms with van der Waals surface area (Å²) in [4.78, 5) is 15.2. The molecule has 0 aliphatic rings. The maximum Gasteiger partial charge on any atom is 0.252 e. The Morgan fingerprint density at radius 2 is 2.05 bits per heavy atom. The van der Waals surface area contributed by atoms with E-state index >= 15 is 0 Å². The molecule has 0 aliphatic carbocycles. The first kappa shape index (κ1) is 13.2. The van der Waals surface area contributed by atoms with Crippen LogP contribution in [0.5, 0.6) is 11.5 Å². The van der Waals surface area contributed by atoms with E-state index in [2.05, 4.69) is 4.98 Å². The molecule has 1 aromatic heterocycles. The van der Waals surface area contributed by atoms with Crippen LogP contribution in [0.25, 0.3) is 0 Å². The van der Waals surface area contributed by atoms with E-state index in [0.29, 0.717) is 10.8 Å². The third kappa shape index (κ3) is 2.95. The first-order valence-electron chi connectivity index (χ1n) is 5.46. The van der Waals surface area contributed by atoms with Crippen LogP contribution in [0, 0.1) is 6.92 Å². The van der Waals surface area contributed by atoms with E-state index < -0.39 is 5.91 Å². The highest BCUT2D eigenvalue weighted by Crippen LogP contribution is 2.30. The monoisotopic (exact) mass is 277 g/mol. The molecule has 0 aliphatic heterocycles. The Morgan fingerprint density at radius 1 is 1.32 bits per heavy atom. The SMILES string of the molecule is Cc1ccc(Cl)cc1Oc1cnc(N)cc1C(N)=O. The summed E-state index contributed by atoms with van der Waals surface area (Å²) >= 11 is 5.90. The van der Waals surface area contributed by atoms with Crippen molar-refractivity contribution in [2.75, 3.05) is 5.73 Å². The van der Waals surface area contributed by atoms with Crippen molar-refractivity contribution < 1.29 is 9.53 Å². The summed E-state index contributed by atoms with van der Waals surface area (Å²) < 4.78 is 5.63. The first-order chi connectivity index (χ1) is 8.97. The van der Waals surface area contributed by atoms with Gasteiger partial charge in [-0.15, -0.1) is 0 Å². The summed E-state index contributed by atoms with van der Waals surface area (Å²) in [6, 6.07) is 6.59. The van der Waals surface area contributed by atoms with Crippen molar-refractivity contribution in [3.63, 3.8) is 0 Å². The number of hydrogen-bond donors (Lipinski definition) is 2. The van der Waals surface area contributed by atoms with Gasteiger partial charge in [-0.3, -0.25) is 4.79 Å². The van der Waals surface area contributed by atoms with Crippen LogP contribution >= 0.6 is 11.6 Å². The Bertz CT molecular complexity index is 644. The minimum Gasteiger partial charge on any atom is -0.455 e. The third-order valence-corrected chi connectivity index (χ3v) is 2.76. The van der Waals surface area contributed by atoms with Crippen molar-refractivity contribution in [1.29, 1.82) is 0 Å². The minimum atomic E-state index is -0.635. The number of benzene rings is 1. The molecule has 5 nitrogen and oxygen atoms in total. The van der Waals surface area contributed by atoms with Crippen LogP contribution in [0.4, 0.5) is 5.82 Å². The molecule has 19 heavy (non-hydrogen) atoms. The van der Waals surface area contributed by atoms with E-state index in [1.165, 1.54) is 12.3 Å². The van der Waals surface area contributed by atoms with E-state index in [0.717, 1.165) is 5.56 Å². The predicted octanol–water partition coefficient (Wildman–Crippen LogP) is 2.52. The summed E-state index contributed by atoms with van der Waals surface area (Å²) in [6.07, 6.45) is 1.36. The molecule has 0 fully saturated rings. The number of nitrogens with zero attached hydrogens (tertiary/aromatic N) is 1. The maximum absolute atomic E-state index is 11.3. The van der Waals surface area contributed by atoms with Crippen molar-refractivity contribution in [3.05, 3.63) is 46.6 Å². The summed E-state index contributed by atoms with van der Waals surface area (Å²) in [5, 5.41) is 0.532. The van der Waals surface area contributed by atoms with Gasteiger partial charge in [0.25, 0.3) is 5.91 Å². The lowest BCUT2D eigenvalue weighted by molar-refractivity contribution is 0.0998. The second kappa shape index (κ2) is 5.16. The number of ether oxygens (including phenoxy) is 1. The summed E-state index contributed by atoms with van der Waals surface area (Å²) in [7, 11) is 0.